The lowest BCUT2D eigenvalue weighted by atomic mass is 10.1. The second-order valence-electron chi connectivity index (χ2n) is 6.43. The summed E-state index contributed by atoms with van der Waals surface area (Å²) in [5, 5.41) is 2.92. The number of aromatic nitrogens is 2. The van der Waals surface area contributed by atoms with Gasteiger partial charge in [0.1, 0.15) is 11.5 Å². The second-order valence-corrected chi connectivity index (χ2v) is 6.43. The molecule has 1 aromatic carbocycles. The summed E-state index contributed by atoms with van der Waals surface area (Å²) < 4.78 is 0. The highest BCUT2D eigenvalue weighted by Crippen LogP contribution is 2.18. The number of aryl methyl sites for hydroxylation is 2. The second kappa shape index (κ2) is 7.43. The minimum absolute atomic E-state index is 0.224. The molecule has 0 atom stereocenters. The molecule has 1 aliphatic heterocycles. The van der Waals surface area contributed by atoms with Crippen LogP contribution in [0.1, 0.15) is 47.3 Å². The Kier molecular flexibility index (Phi) is 5.08. The van der Waals surface area contributed by atoms with Crippen LogP contribution in [0.5, 0.6) is 0 Å². The van der Waals surface area contributed by atoms with Gasteiger partial charge < -0.3 is 10.2 Å². The highest BCUT2D eigenvalue weighted by molar-refractivity contribution is 6.03. The van der Waals surface area contributed by atoms with Crippen molar-refractivity contribution < 1.29 is 4.79 Å². The normalized spacial score (nSPS) is 15.0. The van der Waals surface area contributed by atoms with E-state index in [1.165, 1.54) is 25.7 Å². The Bertz CT molecular complexity index is 704. The fraction of sp³-hybridized carbons (Fsp3) is 0.421. The zero-order valence-corrected chi connectivity index (χ0v) is 14.4. The van der Waals surface area contributed by atoms with E-state index < -0.39 is 0 Å². The molecule has 24 heavy (non-hydrogen) atoms. The molecule has 3 rings (SSSR count). The minimum Gasteiger partial charge on any atom is -0.355 e. The molecule has 1 aromatic heterocycles. The van der Waals surface area contributed by atoms with Gasteiger partial charge in [-0.15, -0.1) is 0 Å². The van der Waals surface area contributed by atoms with Crippen molar-refractivity contribution in [3.8, 4) is 0 Å². The summed E-state index contributed by atoms with van der Waals surface area (Å²) >= 11 is 0. The maximum absolute atomic E-state index is 12.4. The third-order valence-corrected chi connectivity index (χ3v) is 4.44. The van der Waals surface area contributed by atoms with Crippen LogP contribution in [0, 0.1) is 13.8 Å². The molecule has 2 heterocycles. The van der Waals surface area contributed by atoms with Gasteiger partial charge in [-0.3, -0.25) is 4.79 Å². The number of nitrogens with zero attached hydrogens (tertiary/aromatic N) is 3. The van der Waals surface area contributed by atoms with Crippen LogP contribution in [0.25, 0.3) is 0 Å². The standard InChI is InChI=1S/C19H24N4O/c1-14-7-8-15(2)16(11-14)22-19(24)17-12-21-18(13-20-17)23-9-5-3-4-6-10-23/h7-8,11-13H,3-6,9-10H2,1-2H3,(H,22,24). The van der Waals surface area contributed by atoms with Crippen LogP contribution in [0.3, 0.4) is 0 Å². The van der Waals surface area contributed by atoms with E-state index in [9.17, 15) is 4.79 Å². The fourth-order valence-corrected chi connectivity index (χ4v) is 2.96. The van der Waals surface area contributed by atoms with Crippen molar-refractivity contribution in [1.82, 2.24) is 9.97 Å². The lowest BCUT2D eigenvalue weighted by Crippen LogP contribution is -2.25. The molecular formula is C19H24N4O. The Balaban J connectivity index is 1.70. The number of hydrogen-bond donors (Lipinski definition) is 1. The van der Waals surface area contributed by atoms with E-state index in [-0.39, 0.29) is 5.91 Å². The zero-order valence-electron chi connectivity index (χ0n) is 14.4. The van der Waals surface area contributed by atoms with Gasteiger partial charge in [-0.2, -0.15) is 0 Å². The Morgan fingerprint density at radius 1 is 1.04 bits per heavy atom. The van der Waals surface area contributed by atoms with E-state index in [2.05, 4.69) is 20.2 Å². The highest BCUT2D eigenvalue weighted by atomic mass is 16.1. The molecule has 5 heteroatoms. The first kappa shape index (κ1) is 16.4. The average Bonchev–Trinajstić information content (AvgIpc) is 2.87. The number of nitrogens with one attached hydrogen (secondary N) is 1. The van der Waals surface area contributed by atoms with Gasteiger partial charge in [0.25, 0.3) is 5.91 Å². The van der Waals surface area contributed by atoms with E-state index in [0.29, 0.717) is 5.69 Å². The lowest BCUT2D eigenvalue weighted by molar-refractivity contribution is 0.102. The molecule has 0 saturated carbocycles. The van der Waals surface area contributed by atoms with Gasteiger partial charge >= 0.3 is 0 Å². The van der Waals surface area contributed by atoms with Crippen LogP contribution >= 0.6 is 0 Å². The van der Waals surface area contributed by atoms with Gasteiger partial charge in [0.2, 0.25) is 0 Å². The summed E-state index contributed by atoms with van der Waals surface area (Å²) in [7, 11) is 0. The first-order valence-electron chi connectivity index (χ1n) is 8.59. The summed E-state index contributed by atoms with van der Waals surface area (Å²) in [5.41, 5.74) is 3.30. The van der Waals surface area contributed by atoms with E-state index in [1.54, 1.807) is 12.4 Å². The first-order valence-corrected chi connectivity index (χ1v) is 8.59. The molecule has 0 unspecified atom stereocenters. The monoisotopic (exact) mass is 324 g/mol. The molecule has 0 bridgehead atoms. The predicted molar refractivity (Wildman–Crippen MR) is 96.6 cm³/mol. The number of benzene rings is 1. The van der Waals surface area contributed by atoms with Crippen molar-refractivity contribution in [1.29, 1.82) is 0 Å². The quantitative estimate of drug-likeness (QED) is 0.934. The molecule has 0 radical (unpaired) electrons. The van der Waals surface area contributed by atoms with Gasteiger partial charge in [0.05, 0.1) is 12.4 Å². The fourth-order valence-electron chi connectivity index (χ4n) is 2.96. The average molecular weight is 324 g/mol. The summed E-state index contributed by atoms with van der Waals surface area (Å²) in [5.74, 6) is 0.638. The van der Waals surface area contributed by atoms with E-state index in [4.69, 9.17) is 0 Å². The Morgan fingerprint density at radius 3 is 2.46 bits per heavy atom. The third kappa shape index (κ3) is 3.91. The SMILES string of the molecule is Cc1ccc(C)c(NC(=O)c2cnc(N3CCCCCC3)cn2)c1. The maximum Gasteiger partial charge on any atom is 0.275 e. The Labute approximate surface area is 143 Å². The maximum atomic E-state index is 12.4. The molecule has 2 aromatic rings. The van der Waals surface area contributed by atoms with Crippen LogP contribution in [0.15, 0.2) is 30.6 Å². The molecule has 1 N–H and O–H groups in total. The topological polar surface area (TPSA) is 58.1 Å². The van der Waals surface area contributed by atoms with Crippen molar-refractivity contribution in [3.63, 3.8) is 0 Å². The molecule has 0 aliphatic carbocycles. The molecule has 1 amide bonds. The highest BCUT2D eigenvalue weighted by Gasteiger charge is 2.14. The van der Waals surface area contributed by atoms with Crippen LogP contribution in [0.4, 0.5) is 11.5 Å². The summed E-state index contributed by atoms with van der Waals surface area (Å²) in [6, 6.07) is 5.99. The van der Waals surface area contributed by atoms with Crippen molar-refractivity contribution in [2.75, 3.05) is 23.3 Å². The van der Waals surface area contributed by atoms with Crippen LogP contribution < -0.4 is 10.2 Å². The molecule has 5 nitrogen and oxygen atoms in total. The minimum atomic E-state index is -0.224. The van der Waals surface area contributed by atoms with Crippen molar-refractivity contribution in [2.45, 2.75) is 39.5 Å². The van der Waals surface area contributed by atoms with Gasteiger partial charge in [-0.1, -0.05) is 25.0 Å². The number of anilines is 2. The lowest BCUT2D eigenvalue weighted by Gasteiger charge is -2.20. The van der Waals surface area contributed by atoms with Crippen molar-refractivity contribution in [2.24, 2.45) is 0 Å². The van der Waals surface area contributed by atoms with Gasteiger partial charge in [-0.25, -0.2) is 9.97 Å². The number of hydrogen-bond acceptors (Lipinski definition) is 4. The smallest absolute Gasteiger partial charge is 0.275 e. The summed E-state index contributed by atoms with van der Waals surface area (Å²) in [6.07, 6.45) is 8.22. The number of rotatable bonds is 3. The molecule has 1 aliphatic rings. The predicted octanol–water partition coefficient (Wildman–Crippen LogP) is 3.73. The molecular weight excluding hydrogens is 300 g/mol. The van der Waals surface area contributed by atoms with Crippen LogP contribution in [0.2, 0.25) is 0 Å². The Morgan fingerprint density at radius 2 is 1.79 bits per heavy atom. The van der Waals surface area contributed by atoms with Gasteiger partial charge in [0.15, 0.2) is 0 Å². The number of amides is 1. The summed E-state index contributed by atoms with van der Waals surface area (Å²) in [4.78, 5) is 23.4. The molecule has 0 spiro atoms. The molecule has 1 fully saturated rings. The van der Waals surface area contributed by atoms with Crippen LogP contribution in [-0.4, -0.2) is 29.0 Å². The van der Waals surface area contributed by atoms with Gasteiger partial charge in [0, 0.05) is 18.8 Å². The van der Waals surface area contributed by atoms with Crippen LogP contribution in [-0.2, 0) is 0 Å². The molecule has 1 saturated heterocycles. The molecule has 126 valence electrons. The van der Waals surface area contributed by atoms with Crippen molar-refractivity contribution in [3.05, 3.63) is 47.4 Å². The Hall–Kier alpha value is -2.43. The van der Waals surface area contributed by atoms with E-state index >= 15 is 0 Å². The first-order chi connectivity index (χ1) is 11.6. The number of carbonyl (C=O) groups excluding carboxylic acids is 1. The van der Waals surface area contributed by atoms with E-state index in [1.807, 2.05) is 32.0 Å². The zero-order chi connectivity index (χ0) is 16.9. The largest absolute Gasteiger partial charge is 0.355 e. The number of carbonyl (C=O) groups is 1. The van der Waals surface area contributed by atoms with Gasteiger partial charge in [-0.05, 0) is 43.9 Å². The summed E-state index contributed by atoms with van der Waals surface area (Å²) in [6.45, 7) is 6.01. The van der Waals surface area contributed by atoms with E-state index in [0.717, 1.165) is 35.7 Å². The van der Waals surface area contributed by atoms with Crippen molar-refractivity contribution >= 4 is 17.4 Å². The third-order valence-electron chi connectivity index (χ3n) is 4.44.